The molecule has 0 radical (unpaired) electrons. The number of phenols is 8. The van der Waals surface area contributed by atoms with E-state index in [9.17, 15) is 40.9 Å². The summed E-state index contributed by atoms with van der Waals surface area (Å²) in [6.45, 7) is 0. The van der Waals surface area contributed by atoms with E-state index in [1.54, 1.807) is 36.4 Å². The molecule has 0 amide bonds. The van der Waals surface area contributed by atoms with E-state index in [4.69, 9.17) is 4.42 Å². The first-order valence-corrected chi connectivity index (χ1v) is 17.3. The number of hydrogen-bond acceptors (Lipinski definition) is 9. The third-order valence-electron chi connectivity index (χ3n) is 10.7. The lowest BCUT2D eigenvalue weighted by Crippen LogP contribution is -1.95. The number of rotatable bonds is 3. The minimum atomic E-state index is -1.03. The highest BCUT2D eigenvalue weighted by atomic mass is 16.4. The Morgan fingerprint density at radius 2 is 0.782 bits per heavy atom. The summed E-state index contributed by atoms with van der Waals surface area (Å²) in [5.74, 6) is -7.50. The Balaban J connectivity index is 1.39. The first-order valence-electron chi connectivity index (χ1n) is 17.3. The standard InChI is InChI=1S/C46H28O9/c47-39-35-32(24-11-5-10-23(19-24)27-14-6-9-21-7-1-3-12-26(21)27)36-38(42(50)46(54)44(52)40(36)48)33(37(35)41(49)45(53)43(39)51)25-16-17-30-29(20-25)34-28-13-4-2-8-22(28)15-18-31(34)55-30/h1-20,47-54H. The molecule has 10 rings (SSSR count). The molecule has 9 heteroatoms. The molecule has 1 heterocycles. The summed E-state index contributed by atoms with van der Waals surface area (Å²) in [5, 5.41) is 95.5. The van der Waals surface area contributed by atoms with Crippen LogP contribution in [0.2, 0.25) is 0 Å². The largest absolute Gasteiger partial charge is 0.504 e. The van der Waals surface area contributed by atoms with Gasteiger partial charge in [0, 0.05) is 43.4 Å². The zero-order chi connectivity index (χ0) is 37.9. The average Bonchev–Trinajstić information content (AvgIpc) is 3.60. The Bertz CT molecular complexity index is 3220. The number of fused-ring (bicyclic) bond motifs is 8. The van der Waals surface area contributed by atoms with E-state index < -0.39 is 46.0 Å². The van der Waals surface area contributed by atoms with Crippen molar-refractivity contribution in [2.45, 2.75) is 0 Å². The number of phenolic OH excluding ortho intramolecular Hbond substituents is 8. The van der Waals surface area contributed by atoms with E-state index in [1.807, 2.05) is 84.9 Å². The Kier molecular flexibility index (Phi) is 6.59. The van der Waals surface area contributed by atoms with Gasteiger partial charge < -0.3 is 45.3 Å². The van der Waals surface area contributed by atoms with Crippen LogP contribution in [-0.4, -0.2) is 40.9 Å². The van der Waals surface area contributed by atoms with Gasteiger partial charge in [0.25, 0.3) is 0 Å². The van der Waals surface area contributed by atoms with Crippen molar-refractivity contribution in [3.05, 3.63) is 121 Å². The van der Waals surface area contributed by atoms with Crippen LogP contribution >= 0.6 is 0 Å². The zero-order valence-electron chi connectivity index (χ0n) is 28.5. The maximum atomic E-state index is 11.8. The lowest BCUT2D eigenvalue weighted by atomic mass is 9.83. The van der Waals surface area contributed by atoms with Gasteiger partial charge in [0.2, 0.25) is 23.0 Å². The molecule has 0 aliphatic heterocycles. The van der Waals surface area contributed by atoms with Crippen LogP contribution in [0.3, 0.4) is 0 Å². The number of aromatic hydroxyl groups is 8. The fourth-order valence-corrected chi connectivity index (χ4v) is 8.22. The summed E-state index contributed by atoms with van der Waals surface area (Å²) >= 11 is 0. The molecule has 9 nitrogen and oxygen atoms in total. The molecule has 9 aromatic carbocycles. The van der Waals surface area contributed by atoms with Gasteiger partial charge >= 0.3 is 0 Å². The zero-order valence-corrected chi connectivity index (χ0v) is 28.5. The molecule has 0 saturated heterocycles. The van der Waals surface area contributed by atoms with Gasteiger partial charge in [0.1, 0.15) is 11.2 Å². The Hall–Kier alpha value is -7.78. The average molecular weight is 725 g/mol. The first-order chi connectivity index (χ1) is 26.6. The highest BCUT2D eigenvalue weighted by Gasteiger charge is 2.32. The van der Waals surface area contributed by atoms with Crippen LogP contribution in [0.4, 0.5) is 0 Å². The smallest absolute Gasteiger partial charge is 0.204 e. The maximum Gasteiger partial charge on any atom is 0.204 e. The lowest BCUT2D eigenvalue weighted by molar-refractivity contribution is 0.350. The molecule has 0 fully saturated rings. The summed E-state index contributed by atoms with van der Waals surface area (Å²) in [5.41, 5.74) is 3.27. The summed E-state index contributed by atoms with van der Waals surface area (Å²) in [7, 11) is 0. The van der Waals surface area contributed by atoms with Crippen molar-refractivity contribution < 1.29 is 45.3 Å². The minimum absolute atomic E-state index is 0.0251. The van der Waals surface area contributed by atoms with Gasteiger partial charge in [-0.3, -0.25) is 0 Å². The molecule has 0 unspecified atom stereocenters. The molecule has 0 spiro atoms. The van der Waals surface area contributed by atoms with E-state index in [1.165, 1.54) is 0 Å². The summed E-state index contributed by atoms with van der Waals surface area (Å²) in [6, 6.07) is 37.4. The van der Waals surface area contributed by atoms with E-state index in [-0.39, 0.29) is 32.7 Å². The summed E-state index contributed by atoms with van der Waals surface area (Å²) in [4.78, 5) is 0. The van der Waals surface area contributed by atoms with Crippen LogP contribution in [0, 0.1) is 0 Å². The Labute approximate surface area is 310 Å². The Morgan fingerprint density at radius 1 is 0.309 bits per heavy atom. The predicted molar refractivity (Wildman–Crippen MR) is 213 cm³/mol. The number of hydrogen-bond donors (Lipinski definition) is 8. The van der Waals surface area contributed by atoms with Crippen LogP contribution in [0.5, 0.6) is 46.0 Å². The van der Waals surface area contributed by atoms with Crippen molar-refractivity contribution in [1.29, 1.82) is 0 Å². The van der Waals surface area contributed by atoms with Crippen LogP contribution in [0.25, 0.3) is 98.4 Å². The molecule has 0 aliphatic rings. The first kappa shape index (κ1) is 31.9. The predicted octanol–water partition coefficient (Wildman–Crippen LogP) is 10.8. The Morgan fingerprint density at radius 3 is 1.40 bits per heavy atom. The monoisotopic (exact) mass is 724 g/mol. The summed E-state index contributed by atoms with van der Waals surface area (Å²) in [6.07, 6.45) is 0. The molecule has 55 heavy (non-hydrogen) atoms. The van der Waals surface area contributed by atoms with Gasteiger partial charge in [-0.25, -0.2) is 0 Å². The normalized spacial score (nSPS) is 11.9. The summed E-state index contributed by atoms with van der Waals surface area (Å²) < 4.78 is 6.21. The van der Waals surface area contributed by atoms with E-state index in [2.05, 4.69) is 0 Å². The SMILES string of the molecule is Oc1c(O)c(O)c2c(-c3ccc4oc5ccc6ccccc6c5c4c3)c3c(O)c(O)c(O)c(O)c3c(-c3cccc(-c4cccc5ccccc45)c3)c2c1O. The van der Waals surface area contributed by atoms with E-state index >= 15 is 0 Å². The van der Waals surface area contributed by atoms with Crippen molar-refractivity contribution in [3.8, 4) is 79.4 Å². The van der Waals surface area contributed by atoms with E-state index in [0.717, 1.165) is 38.1 Å². The molecule has 0 atom stereocenters. The lowest BCUT2D eigenvalue weighted by Gasteiger charge is -2.22. The highest BCUT2D eigenvalue weighted by molar-refractivity contribution is 6.29. The fraction of sp³-hybridized carbons (Fsp3) is 0. The van der Waals surface area contributed by atoms with Crippen molar-refractivity contribution >= 4 is 65.0 Å². The molecular weight excluding hydrogens is 696 g/mol. The van der Waals surface area contributed by atoms with Crippen molar-refractivity contribution in [1.82, 2.24) is 0 Å². The quantitative estimate of drug-likeness (QED) is 0.0501. The molecule has 10 aromatic rings. The molecule has 0 aliphatic carbocycles. The molecular formula is C46H28O9. The second-order valence-electron chi connectivity index (χ2n) is 13.6. The molecule has 0 saturated carbocycles. The molecule has 266 valence electrons. The molecule has 0 bridgehead atoms. The second-order valence-corrected chi connectivity index (χ2v) is 13.6. The second kappa shape index (κ2) is 11.4. The molecule has 1 aromatic heterocycles. The topological polar surface area (TPSA) is 175 Å². The van der Waals surface area contributed by atoms with Crippen molar-refractivity contribution in [2.75, 3.05) is 0 Å². The van der Waals surface area contributed by atoms with Gasteiger partial charge in [-0.1, -0.05) is 97.1 Å². The van der Waals surface area contributed by atoms with E-state index in [0.29, 0.717) is 27.7 Å². The fourth-order valence-electron chi connectivity index (χ4n) is 8.22. The molecule has 8 N–H and O–H groups in total. The van der Waals surface area contributed by atoms with Crippen LogP contribution in [-0.2, 0) is 0 Å². The van der Waals surface area contributed by atoms with Crippen LogP contribution in [0.15, 0.2) is 126 Å². The van der Waals surface area contributed by atoms with Gasteiger partial charge in [0.05, 0.1) is 0 Å². The highest BCUT2D eigenvalue weighted by Crippen LogP contribution is 2.62. The van der Waals surface area contributed by atoms with Gasteiger partial charge in [0.15, 0.2) is 23.0 Å². The van der Waals surface area contributed by atoms with Gasteiger partial charge in [-0.2, -0.15) is 0 Å². The third-order valence-corrected chi connectivity index (χ3v) is 10.7. The van der Waals surface area contributed by atoms with Crippen molar-refractivity contribution in [2.24, 2.45) is 0 Å². The minimum Gasteiger partial charge on any atom is -0.504 e. The third kappa shape index (κ3) is 4.35. The number of benzene rings is 9. The van der Waals surface area contributed by atoms with Crippen LogP contribution in [0.1, 0.15) is 0 Å². The van der Waals surface area contributed by atoms with Gasteiger partial charge in [-0.05, 0) is 68.1 Å². The maximum absolute atomic E-state index is 11.8. The van der Waals surface area contributed by atoms with Crippen LogP contribution < -0.4 is 0 Å². The van der Waals surface area contributed by atoms with Crippen molar-refractivity contribution in [3.63, 3.8) is 0 Å². The van der Waals surface area contributed by atoms with Gasteiger partial charge in [-0.15, -0.1) is 0 Å². The number of furan rings is 1.